The third-order valence-electron chi connectivity index (χ3n) is 7.69. The van der Waals surface area contributed by atoms with E-state index in [1.807, 2.05) is 0 Å². The first-order valence-corrected chi connectivity index (χ1v) is 13.5. The maximum absolute atomic E-state index is 5.36. The molecule has 0 heterocycles. The van der Waals surface area contributed by atoms with E-state index in [0.717, 1.165) is 29.8 Å². The fourth-order valence-corrected chi connectivity index (χ4v) is 5.76. The predicted molar refractivity (Wildman–Crippen MR) is 161 cm³/mol. The van der Waals surface area contributed by atoms with E-state index >= 15 is 0 Å². The molecule has 38 heavy (non-hydrogen) atoms. The highest BCUT2D eigenvalue weighted by atomic mass is 14.8. The van der Waals surface area contributed by atoms with Crippen molar-refractivity contribution >= 4 is 22.1 Å². The number of rotatable bonds is 6. The Kier molecular flexibility index (Phi) is 6.18. The molecular formula is C37H31N. The lowest BCUT2D eigenvalue weighted by atomic mass is 9.81. The van der Waals surface area contributed by atoms with E-state index in [-0.39, 0.29) is 5.41 Å². The monoisotopic (exact) mass is 489 g/mol. The van der Waals surface area contributed by atoms with Crippen LogP contribution >= 0.6 is 0 Å². The number of hydrogen-bond donors (Lipinski definition) is 0. The summed E-state index contributed by atoms with van der Waals surface area (Å²) in [7, 11) is 0. The summed E-state index contributed by atoms with van der Waals surface area (Å²) in [5, 5.41) is 2.43. The molecule has 0 fully saturated rings. The number of benzene rings is 4. The van der Waals surface area contributed by atoms with Crippen LogP contribution in [0.3, 0.4) is 0 Å². The highest BCUT2D eigenvalue weighted by Gasteiger charge is 2.38. The lowest BCUT2D eigenvalue weighted by Crippen LogP contribution is -2.16. The molecule has 6 rings (SSSR count). The number of nitrogens with zero attached hydrogens (tertiary/aromatic N) is 1. The van der Waals surface area contributed by atoms with E-state index in [2.05, 4.69) is 141 Å². The minimum absolute atomic E-state index is 0.0973. The van der Waals surface area contributed by atoms with Gasteiger partial charge in [0, 0.05) is 16.6 Å². The van der Waals surface area contributed by atoms with Crippen LogP contribution in [0.5, 0.6) is 0 Å². The third-order valence-corrected chi connectivity index (χ3v) is 7.69. The highest BCUT2D eigenvalue weighted by Crippen LogP contribution is 2.50. The summed E-state index contributed by atoms with van der Waals surface area (Å²) >= 11 is 0. The fourth-order valence-electron chi connectivity index (χ4n) is 5.76. The molecule has 1 heteroatoms. The average molecular weight is 490 g/mol. The molecule has 0 aromatic heterocycles. The van der Waals surface area contributed by atoms with Gasteiger partial charge in [0.25, 0.3) is 0 Å². The van der Waals surface area contributed by atoms with Crippen LogP contribution < -0.4 is 0 Å². The van der Waals surface area contributed by atoms with Crippen molar-refractivity contribution in [3.05, 3.63) is 149 Å². The topological polar surface area (TPSA) is 12.4 Å². The van der Waals surface area contributed by atoms with Crippen LogP contribution in [-0.4, -0.2) is 5.71 Å². The third kappa shape index (κ3) is 4.04. The first-order chi connectivity index (χ1) is 18.6. The van der Waals surface area contributed by atoms with Crippen LogP contribution in [0.4, 0.5) is 0 Å². The Hall–Kier alpha value is -4.41. The number of aliphatic imine (C=N–C) groups is 1. The van der Waals surface area contributed by atoms with E-state index in [4.69, 9.17) is 4.99 Å². The van der Waals surface area contributed by atoms with Crippen molar-refractivity contribution in [1.82, 2.24) is 0 Å². The SMILES string of the molecule is CCC/C=C\C(=N/C1=C=C=CC2=C1c1ccccc1C2(C)C)c1cccc2cccc(-c3ccccc3)c12. The second-order valence-corrected chi connectivity index (χ2v) is 10.5. The van der Waals surface area contributed by atoms with E-state index in [1.165, 1.54) is 44.2 Å². The van der Waals surface area contributed by atoms with Crippen molar-refractivity contribution in [2.45, 2.75) is 39.0 Å². The molecule has 184 valence electrons. The summed E-state index contributed by atoms with van der Waals surface area (Å²) in [6.07, 6.45) is 8.63. The van der Waals surface area contributed by atoms with Gasteiger partial charge in [-0.25, -0.2) is 4.99 Å². The zero-order valence-corrected chi connectivity index (χ0v) is 22.3. The molecule has 0 N–H and O–H groups in total. The number of hydrogen-bond acceptors (Lipinski definition) is 1. The van der Waals surface area contributed by atoms with Crippen molar-refractivity contribution in [3.63, 3.8) is 0 Å². The molecule has 4 aromatic rings. The Morgan fingerprint density at radius 3 is 2.39 bits per heavy atom. The Morgan fingerprint density at radius 2 is 1.58 bits per heavy atom. The van der Waals surface area contributed by atoms with Crippen molar-refractivity contribution < 1.29 is 0 Å². The van der Waals surface area contributed by atoms with Gasteiger partial charge in [0.2, 0.25) is 0 Å². The van der Waals surface area contributed by atoms with Crippen molar-refractivity contribution in [1.29, 1.82) is 0 Å². The largest absolute Gasteiger partial charge is 0.239 e. The van der Waals surface area contributed by atoms with E-state index in [9.17, 15) is 0 Å². The van der Waals surface area contributed by atoms with Gasteiger partial charge in [0.1, 0.15) is 5.70 Å². The second-order valence-electron chi connectivity index (χ2n) is 10.5. The lowest BCUT2D eigenvalue weighted by molar-refractivity contribution is 0.654. The molecular weight excluding hydrogens is 458 g/mol. The molecule has 0 radical (unpaired) electrons. The van der Waals surface area contributed by atoms with Crippen molar-refractivity contribution in [2.24, 2.45) is 4.99 Å². The summed E-state index contributed by atoms with van der Waals surface area (Å²) in [5.74, 6) is 0. The smallest absolute Gasteiger partial charge is 0.122 e. The van der Waals surface area contributed by atoms with Gasteiger partial charge in [-0.3, -0.25) is 0 Å². The summed E-state index contributed by atoms with van der Waals surface area (Å²) in [5.41, 5.74) is 17.0. The van der Waals surface area contributed by atoms with Gasteiger partial charge in [-0.05, 0) is 62.9 Å². The molecule has 0 aliphatic heterocycles. The Morgan fingerprint density at radius 1 is 0.842 bits per heavy atom. The van der Waals surface area contributed by atoms with Gasteiger partial charge in [0.05, 0.1) is 5.71 Å². The van der Waals surface area contributed by atoms with Crippen LogP contribution in [0.15, 0.2) is 137 Å². The maximum Gasteiger partial charge on any atom is 0.122 e. The molecule has 0 amide bonds. The number of allylic oxidation sites excluding steroid dienone is 5. The lowest BCUT2D eigenvalue weighted by Gasteiger charge is -2.22. The normalized spacial score (nSPS) is 15.8. The van der Waals surface area contributed by atoms with Gasteiger partial charge in [-0.2, -0.15) is 0 Å². The van der Waals surface area contributed by atoms with Crippen LogP contribution in [0.2, 0.25) is 0 Å². The fraction of sp³-hybridized carbons (Fsp3) is 0.162. The molecule has 4 aromatic carbocycles. The molecule has 0 bridgehead atoms. The highest BCUT2D eigenvalue weighted by molar-refractivity contribution is 6.20. The van der Waals surface area contributed by atoms with Gasteiger partial charge >= 0.3 is 0 Å². The first kappa shape index (κ1) is 24.0. The quantitative estimate of drug-likeness (QED) is 0.189. The Labute approximate surface area is 225 Å². The molecule has 2 aliphatic rings. The minimum Gasteiger partial charge on any atom is -0.239 e. The molecule has 0 saturated carbocycles. The summed E-state index contributed by atoms with van der Waals surface area (Å²) in [4.78, 5) is 5.36. The van der Waals surface area contributed by atoms with Crippen LogP contribution in [0.1, 0.15) is 50.3 Å². The number of unbranched alkanes of at least 4 members (excludes halogenated alkanes) is 1. The van der Waals surface area contributed by atoms with Crippen molar-refractivity contribution in [2.75, 3.05) is 0 Å². The van der Waals surface area contributed by atoms with Crippen LogP contribution in [0.25, 0.3) is 27.5 Å². The molecule has 0 unspecified atom stereocenters. The minimum atomic E-state index is -0.0973. The zero-order valence-electron chi connectivity index (χ0n) is 22.3. The molecule has 0 saturated heterocycles. The van der Waals surface area contributed by atoms with E-state index in [1.54, 1.807) is 0 Å². The standard InChI is InChI=1S/C37H31N/c1-4-5-7-24-33(30-21-13-18-27-17-12-20-28(35(27)30)26-15-8-6-9-16-26)38-34-25-14-23-32-36(34)29-19-10-11-22-31(29)37(32,2)3/h6-13,15-24H,4-5H2,1-3H3/b24-7-,38-33+. The molecule has 1 nitrogen and oxygen atoms in total. The summed E-state index contributed by atoms with van der Waals surface area (Å²) in [6, 6.07) is 32.4. The summed E-state index contributed by atoms with van der Waals surface area (Å²) < 4.78 is 0. The van der Waals surface area contributed by atoms with E-state index < -0.39 is 0 Å². The maximum atomic E-state index is 5.36. The van der Waals surface area contributed by atoms with Crippen molar-refractivity contribution in [3.8, 4) is 11.1 Å². The van der Waals surface area contributed by atoms with Gasteiger partial charge in [0.15, 0.2) is 0 Å². The van der Waals surface area contributed by atoms with Gasteiger partial charge in [-0.1, -0.05) is 130 Å². The van der Waals surface area contributed by atoms with Crippen LogP contribution in [0, 0.1) is 0 Å². The predicted octanol–water partition coefficient (Wildman–Crippen LogP) is 9.60. The Balaban J connectivity index is 1.59. The van der Waals surface area contributed by atoms with E-state index in [0.29, 0.717) is 0 Å². The summed E-state index contributed by atoms with van der Waals surface area (Å²) in [6.45, 7) is 6.79. The average Bonchev–Trinajstić information content (AvgIpc) is 3.20. The second kappa shape index (κ2) is 9.81. The zero-order chi connectivity index (χ0) is 26.1. The Bertz CT molecular complexity index is 1740. The van der Waals surface area contributed by atoms with Crippen LogP contribution in [-0.2, 0) is 5.41 Å². The van der Waals surface area contributed by atoms with Gasteiger partial charge < -0.3 is 0 Å². The number of fused-ring (bicyclic) bond motifs is 3. The molecule has 0 spiro atoms. The first-order valence-electron chi connectivity index (χ1n) is 13.5. The van der Waals surface area contributed by atoms with Gasteiger partial charge in [-0.15, -0.1) is 0 Å². The molecule has 2 aliphatic carbocycles. The molecule has 0 atom stereocenters.